The second-order valence-electron chi connectivity index (χ2n) is 3.11. The molecule has 2 rings (SSSR count). The van der Waals surface area contributed by atoms with E-state index < -0.39 is 24.5 Å². The van der Waals surface area contributed by atoms with Crippen molar-refractivity contribution in [2.45, 2.75) is 24.5 Å². The molecule has 78 valence electrons. The van der Waals surface area contributed by atoms with Crippen molar-refractivity contribution < 1.29 is 20.1 Å². The average Bonchev–Trinajstić information content (AvgIpc) is 2.78. The van der Waals surface area contributed by atoms with Gasteiger partial charge in [-0.2, -0.15) is 0 Å². The van der Waals surface area contributed by atoms with Crippen molar-refractivity contribution in [3.05, 3.63) is 12.4 Å². The fraction of sp³-hybridized carbons (Fsp3) is 0.714. The van der Waals surface area contributed by atoms with Gasteiger partial charge in [0.1, 0.15) is 18.3 Å². The summed E-state index contributed by atoms with van der Waals surface area (Å²) in [6.45, 7) is -0.344. The Hall–Kier alpha value is -1.02. The SMILES string of the molecule is OC[C@H]1O[C@H](n2ccnn2)C(O)C1O. The molecule has 3 N–H and O–H groups in total. The number of hydrogen-bond acceptors (Lipinski definition) is 6. The average molecular weight is 201 g/mol. The number of aliphatic hydroxyl groups excluding tert-OH is 3. The molecule has 1 aliphatic rings. The van der Waals surface area contributed by atoms with E-state index in [2.05, 4.69) is 10.3 Å². The lowest BCUT2D eigenvalue weighted by molar-refractivity contribution is -0.0594. The summed E-state index contributed by atoms with van der Waals surface area (Å²) < 4.78 is 6.49. The Morgan fingerprint density at radius 3 is 2.64 bits per heavy atom. The molecule has 1 aromatic rings. The molecule has 1 aliphatic heterocycles. The first kappa shape index (κ1) is 9.53. The zero-order valence-corrected chi connectivity index (χ0v) is 7.26. The molecule has 0 saturated carbocycles. The Balaban J connectivity index is 2.16. The van der Waals surface area contributed by atoms with Gasteiger partial charge < -0.3 is 20.1 Å². The van der Waals surface area contributed by atoms with Gasteiger partial charge in [-0.25, -0.2) is 4.68 Å². The van der Waals surface area contributed by atoms with Crippen LogP contribution in [0.4, 0.5) is 0 Å². The maximum atomic E-state index is 9.56. The maximum Gasteiger partial charge on any atom is 0.180 e. The number of ether oxygens (including phenoxy) is 1. The molecule has 1 saturated heterocycles. The van der Waals surface area contributed by atoms with Gasteiger partial charge >= 0.3 is 0 Å². The van der Waals surface area contributed by atoms with E-state index in [0.29, 0.717) is 0 Å². The van der Waals surface area contributed by atoms with Crippen LogP contribution in [0.2, 0.25) is 0 Å². The third kappa shape index (κ3) is 1.40. The highest BCUT2D eigenvalue weighted by molar-refractivity contribution is 4.88. The van der Waals surface area contributed by atoms with Crippen LogP contribution in [0.5, 0.6) is 0 Å². The summed E-state index contributed by atoms with van der Waals surface area (Å²) in [4.78, 5) is 0. The first-order chi connectivity index (χ1) is 6.74. The Labute approximate surface area is 79.5 Å². The fourth-order valence-electron chi connectivity index (χ4n) is 1.45. The van der Waals surface area contributed by atoms with Gasteiger partial charge in [0.15, 0.2) is 6.23 Å². The molecule has 0 spiro atoms. The van der Waals surface area contributed by atoms with Crippen molar-refractivity contribution in [1.29, 1.82) is 0 Å². The quantitative estimate of drug-likeness (QED) is 0.506. The van der Waals surface area contributed by atoms with E-state index in [1.807, 2.05) is 0 Å². The minimum Gasteiger partial charge on any atom is -0.394 e. The first-order valence-corrected chi connectivity index (χ1v) is 4.22. The molecular weight excluding hydrogens is 190 g/mol. The monoisotopic (exact) mass is 201 g/mol. The van der Waals surface area contributed by atoms with E-state index in [-0.39, 0.29) is 6.61 Å². The highest BCUT2D eigenvalue weighted by Crippen LogP contribution is 2.27. The predicted molar refractivity (Wildman–Crippen MR) is 43.0 cm³/mol. The Bertz CT molecular complexity index is 291. The fourth-order valence-corrected chi connectivity index (χ4v) is 1.45. The summed E-state index contributed by atoms with van der Waals surface area (Å²) >= 11 is 0. The van der Waals surface area contributed by atoms with Gasteiger partial charge in [0.2, 0.25) is 0 Å². The predicted octanol–water partition coefficient (Wildman–Crippen LogP) is -2.11. The maximum absolute atomic E-state index is 9.56. The highest BCUT2D eigenvalue weighted by atomic mass is 16.6. The molecule has 0 bridgehead atoms. The van der Waals surface area contributed by atoms with E-state index in [9.17, 15) is 10.2 Å². The van der Waals surface area contributed by atoms with Crippen LogP contribution >= 0.6 is 0 Å². The van der Waals surface area contributed by atoms with Gasteiger partial charge in [-0.15, -0.1) is 5.10 Å². The minimum atomic E-state index is -1.10. The first-order valence-electron chi connectivity index (χ1n) is 4.22. The van der Waals surface area contributed by atoms with Crippen LogP contribution in [0.3, 0.4) is 0 Å². The number of aromatic nitrogens is 3. The molecule has 2 unspecified atom stereocenters. The molecule has 14 heavy (non-hydrogen) atoms. The lowest BCUT2D eigenvalue weighted by Gasteiger charge is -2.13. The number of rotatable bonds is 2. The van der Waals surface area contributed by atoms with E-state index in [1.165, 1.54) is 17.1 Å². The van der Waals surface area contributed by atoms with Crippen molar-refractivity contribution in [2.24, 2.45) is 0 Å². The minimum absolute atomic E-state index is 0.344. The van der Waals surface area contributed by atoms with Crippen LogP contribution in [0, 0.1) is 0 Å². The molecule has 0 radical (unpaired) electrons. The summed E-state index contributed by atoms with van der Waals surface area (Å²) in [7, 11) is 0. The Morgan fingerprint density at radius 2 is 2.14 bits per heavy atom. The molecule has 1 aromatic heterocycles. The van der Waals surface area contributed by atoms with Gasteiger partial charge in [-0.1, -0.05) is 5.21 Å². The van der Waals surface area contributed by atoms with Gasteiger partial charge in [-0.3, -0.25) is 0 Å². The molecule has 0 aliphatic carbocycles. The van der Waals surface area contributed by atoms with Gasteiger partial charge in [0.05, 0.1) is 12.8 Å². The standard InChI is InChI=1S/C7H11N3O4/c11-3-4-5(12)6(13)7(14-4)10-2-1-8-9-10/h1-2,4-7,11-13H,3H2/t4-,5?,6?,7+/m1/s1. The van der Waals surface area contributed by atoms with E-state index in [0.717, 1.165) is 0 Å². The summed E-state index contributed by atoms with van der Waals surface area (Å²) in [5.41, 5.74) is 0. The summed E-state index contributed by atoms with van der Waals surface area (Å²) in [5, 5.41) is 35.0. The molecule has 0 amide bonds. The van der Waals surface area contributed by atoms with Gasteiger partial charge in [0.25, 0.3) is 0 Å². The summed E-state index contributed by atoms with van der Waals surface area (Å²) in [5.74, 6) is 0. The molecule has 7 nitrogen and oxygen atoms in total. The zero-order chi connectivity index (χ0) is 10.1. The second-order valence-corrected chi connectivity index (χ2v) is 3.11. The number of nitrogens with zero attached hydrogens (tertiary/aromatic N) is 3. The van der Waals surface area contributed by atoms with Gasteiger partial charge in [-0.05, 0) is 0 Å². The zero-order valence-electron chi connectivity index (χ0n) is 7.26. The largest absolute Gasteiger partial charge is 0.394 e. The van der Waals surface area contributed by atoms with Crippen molar-refractivity contribution in [3.8, 4) is 0 Å². The van der Waals surface area contributed by atoms with Crippen LogP contribution in [0.1, 0.15) is 6.23 Å². The molecule has 4 atom stereocenters. The van der Waals surface area contributed by atoms with E-state index in [4.69, 9.17) is 9.84 Å². The topological polar surface area (TPSA) is 101 Å². The van der Waals surface area contributed by atoms with Crippen molar-refractivity contribution >= 4 is 0 Å². The highest BCUT2D eigenvalue weighted by Gasteiger charge is 2.43. The lowest BCUT2D eigenvalue weighted by Crippen LogP contribution is -2.33. The number of hydrogen-bond donors (Lipinski definition) is 3. The summed E-state index contributed by atoms with van der Waals surface area (Å²) in [6, 6.07) is 0. The van der Waals surface area contributed by atoms with Crippen LogP contribution in [0.15, 0.2) is 12.4 Å². The lowest BCUT2D eigenvalue weighted by atomic mass is 10.1. The number of aliphatic hydroxyl groups is 3. The van der Waals surface area contributed by atoms with Crippen molar-refractivity contribution in [1.82, 2.24) is 15.0 Å². The molecule has 1 fully saturated rings. The van der Waals surface area contributed by atoms with Crippen LogP contribution in [0.25, 0.3) is 0 Å². The van der Waals surface area contributed by atoms with E-state index >= 15 is 0 Å². The molecule has 2 heterocycles. The Morgan fingerprint density at radius 1 is 1.36 bits per heavy atom. The second kappa shape index (κ2) is 3.62. The molecule has 7 heteroatoms. The van der Waals surface area contributed by atoms with Crippen LogP contribution in [-0.4, -0.2) is 55.2 Å². The molecular formula is C7H11N3O4. The summed E-state index contributed by atoms with van der Waals surface area (Å²) in [6.07, 6.45) is -0.818. The normalized spacial score (nSPS) is 37.6. The molecule has 0 aromatic carbocycles. The smallest absolute Gasteiger partial charge is 0.180 e. The van der Waals surface area contributed by atoms with E-state index in [1.54, 1.807) is 0 Å². The van der Waals surface area contributed by atoms with Crippen molar-refractivity contribution in [3.63, 3.8) is 0 Å². The third-order valence-corrected chi connectivity index (χ3v) is 2.22. The van der Waals surface area contributed by atoms with Gasteiger partial charge in [0, 0.05) is 6.20 Å². The van der Waals surface area contributed by atoms with Crippen molar-refractivity contribution in [2.75, 3.05) is 6.61 Å². The Kier molecular flexibility index (Phi) is 2.46. The third-order valence-electron chi connectivity index (χ3n) is 2.22. The van der Waals surface area contributed by atoms with Crippen LogP contribution < -0.4 is 0 Å². The van der Waals surface area contributed by atoms with Crippen LogP contribution in [-0.2, 0) is 4.74 Å².